The van der Waals surface area contributed by atoms with E-state index in [4.69, 9.17) is 0 Å². The third-order valence-corrected chi connectivity index (χ3v) is 5.72. The minimum atomic E-state index is -0.470. The number of imide groups is 1. The summed E-state index contributed by atoms with van der Waals surface area (Å²) < 4.78 is 2.15. The highest BCUT2D eigenvalue weighted by Gasteiger charge is 2.31. The van der Waals surface area contributed by atoms with Crippen molar-refractivity contribution in [2.45, 2.75) is 49.6 Å². The molecule has 0 bridgehead atoms. The molecule has 134 valence electrons. The molecule has 1 atom stereocenters. The van der Waals surface area contributed by atoms with Gasteiger partial charge in [0.25, 0.3) is 0 Å². The van der Waals surface area contributed by atoms with E-state index in [1.807, 2.05) is 6.07 Å². The van der Waals surface area contributed by atoms with Crippen LogP contribution >= 0.6 is 23.1 Å². The first-order chi connectivity index (χ1) is 12.1. The average molecular weight is 380 g/mol. The normalized spacial score (nSPS) is 15.0. The van der Waals surface area contributed by atoms with Crippen molar-refractivity contribution < 1.29 is 9.59 Å². The Balaban J connectivity index is 1.68. The number of hydrogen-bond donors (Lipinski definition) is 2. The highest BCUT2D eigenvalue weighted by atomic mass is 32.2. The predicted octanol–water partition coefficient (Wildman–Crippen LogP) is 2.59. The van der Waals surface area contributed by atoms with Crippen molar-refractivity contribution in [2.75, 3.05) is 6.54 Å². The molecule has 3 rings (SSSR count). The van der Waals surface area contributed by atoms with E-state index in [1.165, 1.54) is 16.6 Å². The number of carbonyl (C=O) groups is 2. The van der Waals surface area contributed by atoms with Gasteiger partial charge < -0.3 is 9.88 Å². The molecule has 2 heterocycles. The summed E-state index contributed by atoms with van der Waals surface area (Å²) in [7, 11) is 0. The van der Waals surface area contributed by atoms with Gasteiger partial charge in [0.2, 0.25) is 5.91 Å². The van der Waals surface area contributed by atoms with E-state index in [9.17, 15) is 9.59 Å². The van der Waals surface area contributed by atoms with E-state index in [-0.39, 0.29) is 5.91 Å². The van der Waals surface area contributed by atoms with Gasteiger partial charge in [-0.05, 0) is 38.1 Å². The largest absolute Gasteiger partial charge is 0.338 e. The van der Waals surface area contributed by atoms with E-state index in [0.29, 0.717) is 12.6 Å². The Morgan fingerprint density at radius 1 is 1.44 bits per heavy atom. The number of rotatable bonds is 7. The first-order valence-corrected chi connectivity index (χ1v) is 10.1. The van der Waals surface area contributed by atoms with E-state index < -0.39 is 11.3 Å². The number of aromatic nitrogens is 3. The Labute approximate surface area is 154 Å². The lowest BCUT2D eigenvalue weighted by atomic mass is 10.3. The smallest absolute Gasteiger partial charge is 0.321 e. The Hall–Kier alpha value is -1.87. The second-order valence-electron chi connectivity index (χ2n) is 5.86. The van der Waals surface area contributed by atoms with Gasteiger partial charge >= 0.3 is 6.03 Å². The monoisotopic (exact) mass is 379 g/mol. The number of amides is 3. The van der Waals surface area contributed by atoms with Crippen LogP contribution in [0.1, 0.15) is 43.4 Å². The predicted molar refractivity (Wildman–Crippen MR) is 98.0 cm³/mol. The number of carbonyl (C=O) groups excluding carboxylic acids is 2. The third-order valence-electron chi connectivity index (χ3n) is 3.79. The van der Waals surface area contributed by atoms with E-state index in [2.05, 4.69) is 36.8 Å². The summed E-state index contributed by atoms with van der Waals surface area (Å²) in [4.78, 5) is 24.9. The topological polar surface area (TPSA) is 88.9 Å². The van der Waals surface area contributed by atoms with Crippen LogP contribution in [0.15, 0.2) is 22.7 Å². The fourth-order valence-corrected chi connectivity index (χ4v) is 4.05. The SMILES string of the molecule is CCNC(=O)NC(=O)[C@@H](C)Sc1nnc(Cc2cccs2)n1C1CC1. The van der Waals surface area contributed by atoms with Crippen molar-refractivity contribution in [2.24, 2.45) is 0 Å². The molecular weight excluding hydrogens is 358 g/mol. The number of nitrogens with zero attached hydrogens (tertiary/aromatic N) is 3. The van der Waals surface area contributed by atoms with Crippen LogP contribution < -0.4 is 10.6 Å². The van der Waals surface area contributed by atoms with Crippen molar-refractivity contribution in [3.05, 3.63) is 28.2 Å². The van der Waals surface area contributed by atoms with Gasteiger partial charge in [-0.2, -0.15) is 0 Å². The van der Waals surface area contributed by atoms with Crippen LogP contribution in [0.4, 0.5) is 4.79 Å². The summed E-state index contributed by atoms with van der Waals surface area (Å²) in [5, 5.41) is 15.9. The van der Waals surface area contributed by atoms with Crippen molar-refractivity contribution in [1.29, 1.82) is 0 Å². The Morgan fingerprint density at radius 2 is 2.24 bits per heavy atom. The fraction of sp³-hybridized carbons (Fsp3) is 0.500. The maximum Gasteiger partial charge on any atom is 0.321 e. The molecule has 1 saturated carbocycles. The molecular formula is C16H21N5O2S2. The minimum Gasteiger partial charge on any atom is -0.338 e. The summed E-state index contributed by atoms with van der Waals surface area (Å²) in [6.45, 7) is 4.04. The molecule has 0 spiro atoms. The number of thioether (sulfide) groups is 1. The summed E-state index contributed by atoms with van der Waals surface area (Å²) in [5.74, 6) is 0.602. The van der Waals surface area contributed by atoms with Gasteiger partial charge in [-0.15, -0.1) is 21.5 Å². The lowest BCUT2D eigenvalue weighted by Crippen LogP contribution is -2.42. The van der Waals surface area contributed by atoms with E-state index in [0.717, 1.165) is 30.2 Å². The van der Waals surface area contributed by atoms with Gasteiger partial charge in [0.05, 0.1) is 5.25 Å². The van der Waals surface area contributed by atoms with Crippen LogP contribution in [0.25, 0.3) is 0 Å². The van der Waals surface area contributed by atoms with Crippen LogP contribution in [-0.2, 0) is 11.2 Å². The van der Waals surface area contributed by atoms with Crippen LogP contribution in [0, 0.1) is 0 Å². The number of urea groups is 1. The Kier molecular flexibility index (Phi) is 5.74. The molecule has 0 radical (unpaired) electrons. The lowest BCUT2D eigenvalue weighted by molar-refractivity contribution is -0.119. The van der Waals surface area contributed by atoms with Crippen molar-refractivity contribution in [3.63, 3.8) is 0 Å². The summed E-state index contributed by atoms with van der Waals surface area (Å²) >= 11 is 3.04. The highest BCUT2D eigenvalue weighted by molar-refractivity contribution is 8.00. The van der Waals surface area contributed by atoms with Gasteiger partial charge in [-0.1, -0.05) is 17.8 Å². The minimum absolute atomic E-state index is 0.332. The molecule has 2 aromatic rings. The lowest BCUT2D eigenvalue weighted by Gasteiger charge is -2.13. The number of hydrogen-bond acceptors (Lipinski definition) is 6. The summed E-state index contributed by atoms with van der Waals surface area (Å²) in [6, 6.07) is 4.07. The number of nitrogens with one attached hydrogen (secondary N) is 2. The molecule has 0 aromatic carbocycles. The van der Waals surface area contributed by atoms with Crippen molar-refractivity contribution >= 4 is 35.0 Å². The van der Waals surface area contributed by atoms with Gasteiger partial charge in [0, 0.05) is 23.9 Å². The molecule has 0 aliphatic heterocycles. The maximum absolute atomic E-state index is 12.1. The zero-order valence-corrected chi connectivity index (χ0v) is 15.8. The highest BCUT2D eigenvalue weighted by Crippen LogP contribution is 2.40. The molecule has 0 saturated heterocycles. The molecule has 1 aliphatic rings. The van der Waals surface area contributed by atoms with Crippen LogP contribution in [0.2, 0.25) is 0 Å². The van der Waals surface area contributed by atoms with Gasteiger partial charge in [-0.25, -0.2) is 4.79 Å². The van der Waals surface area contributed by atoms with Crippen molar-refractivity contribution in [3.8, 4) is 0 Å². The standard InChI is InChI=1S/C16H21N5O2S2/c1-3-17-15(23)18-14(22)10(2)25-16-20-19-13(21(16)11-6-7-11)9-12-5-4-8-24-12/h4-5,8,10-11H,3,6-7,9H2,1-2H3,(H2,17,18,22,23)/t10-/m1/s1. The molecule has 7 nitrogen and oxygen atoms in total. The molecule has 1 aliphatic carbocycles. The molecule has 1 fully saturated rings. The first-order valence-electron chi connectivity index (χ1n) is 8.30. The Morgan fingerprint density at radius 3 is 2.88 bits per heavy atom. The first kappa shape index (κ1) is 17.9. The van der Waals surface area contributed by atoms with Gasteiger partial charge in [0.15, 0.2) is 5.16 Å². The molecule has 25 heavy (non-hydrogen) atoms. The van der Waals surface area contributed by atoms with E-state index >= 15 is 0 Å². The fourth-order valence-electron chi connectivity index (χ4n) is 2.41. The average Bonchev–Trinajstić information content (AvgIpc) is 3.13. The van der Waals surface area contributed by atoms with Gasteiger partial charge in [0.1, 0.15) is 5.82 Å². The molecule has 2 aromatic heterocycles. The third kappa shape index (κ3) is 4.60. The second kappa shape index (κ2) is 8.01. The molecule has 2 N–H and O–H groups in total. The van der Waals surface area contributed by atoms with Crippen molar-refractivity contribution in [1.82, 2.24) is 25.4 Å². The van der Waals surface area contributed by atoms with E-state index in [1.54, 1.807) is 25.2 Å². The van der Waals surface area contributed by atoms with Crippen LogP contribution in [-0.4, -0.2) is 38.5 Å². The molecule has 9 heteroatoms. The number of thiophene rings is 1. The second-order valence-corrected chi connectivity index (χ2v) is 8.21. The zero-order valence-electron chi connectivity index (χ0n) is 14.2. The molecule has 0 unspecified atom stereocenters. The molecule has 3 amide bonds. The summed E-state index contributed by atoms with van der Waals surface area (Å²) in [5.41, 5.74) is 0. The van der Waals surface area contributed by atoms with Crippen LogP contribution in [0.5, 0.6) is 0 Å². The van der Waals surface area contributed by atoms with Gasteiger partial charge in [-0.3, -0.25) is 10.1 Å². The zero-order chi connectivity index (χ0) is 17.8. The Bertz CT molecular complexity index is 740. The maximum atomic E-state index is 12.1. The summed E-state index contributed by atoms with van der Waals surface area (Å²) in [6.07, 6.45) is 2.98. The quantitative estimate of drug-likeness (QED) is 0.722. The van der Waals surface area contributed by atoms with Crippen LogP contribution in [0.3, 0.4) is 0 Å².